The fraction of sp³-hybridized carbons (Fsp3) is 0.188. The Labute approximate surface area is 118 Å². The molecule has 0 spiro atoms. The minimum absolute atomic E-state index is 0.0429. The van der Waals surface area contributed by atoms with Crippen LogP contribution in [0.3, 0.4) is 0 Å². The molecule has 1 atom stereocenters. The van der Waals surface area contributed by atoms with Crippen molar-refractivity contribution in [2.45, 2.75) is 12.6 Å². The molecule has 0 aliphatic carbocycles. The summed E-state index contributed by atoms with van der Waals surface area (Å²) < 4.78 is 7.41. The molecule has 0 amide bonds. The van der Waals surface area contributed by atoms with E-state index >= 15 is 0 Å². The van der Waals surface area contributed by atoms with Crippen LogP contribution in [0.5, 0.6) is 0 Å². The normalized spacial score (nSPS) is 12.4. The highest BCUT2D eigenvalue weighted by Crippen LogP contribution is 2.20. The topological polar surface area (TPSA) is 43.0 Å². The lowest BCUT2D eigenvalue weighted by molar-refractivity contribution is 0.459. The van der Waals surface area contributed by atoms with Crippen LogP contribution in [0.15, 0.2) is 65.5 Å². The smallest absolute Gasteiger partial charge is 0.130 e. The van der Waals surface area contributed by atoms with Crippen molar-refractivity contribution in [1.29, 1.82) is 0 Å². The molecule has 0 saturated heterocycles. The lowest BCUT2D eigenvalue weighted by Gasteiger charge is -2.18. The summed E-state index contributed by atoms with van der Waals surface area (Å²) in [6.45, 7) is 0.666. The summed E-state index contributed by atoms with van der Waals surface area (Å²) in [6.07, 6.45) is 5.47. The van der Waals surface area contributed by atoms with Crippen LogP contribution < -0.4 is 5.32 Å². The van der Waals surface area contributed by atoms with Crippen molar-refractivity contribution < 1.29 is 4.42 Å². The summed E-state index contributed by atoms with van der Waals surface area (Å²) in [4.78, 5) is 4.46. The summed E-state index contributed by atoms with van der Waals surface area (Å²) in [5.74, 6) is 1.91. The van der Waals surface area contributed by atoms with Crippen molar-refractivity contribution in [2.24, 2.45) is 7.05 Å². The standard InChI is InChI=1S/C16H17N3O/c1-19-10-9-17-16(19)15(13-6-3-2-4-7-13)18-12-14-8-5-11-20-14/h2-11,15,18H,12H2,1H3/t15-/m1/s1. The van der Waals surface area contributed by atoms with Crippen molar-refractivity contribution in [3.8, 4) is 0 Å². The second-order valence-electron chi connectivity index (χ2n) is 4.70. The summed E-state index contributed by atoms with van der Waals surface area (Å²) in [5.41, 5.74) is 1.19. The van der Waals surface area contributed by atoms with E-state index in [2.05, 4.69) is 22.4 Å². The van der Waals surface area contributed by atoms with Crippen LogP contribution in [0.2, 0.25) is 0 Å². The second kappa shape index (κ2) is 5.75. The maximum atomic E-state index is 5.38. The molecule has 102 valence electrons. The van der Waals surface area contributed by atoms with Gasteiger partial charge in [-0.1, -0.05) is 30.3 Å². The van der Waals surface area contributed by atoms with Gasteiger partial charge < -0.3 is 8.98 Å². The van der Waals surface area contributed by atoms with Crippen LogP contribution in [0.4, 0.5) is 0 Å². The predicted molar refractivity (Wildman–Crippen MR) is 77.0 cm³/mol. The molecular formula is C16H17N3O. The van der Waals surface area contributed by atoms with E-state index in [0.29, 0.717) is 6.54 Å². The van der Waals surface area contributed by atoms with Crippen LogP contribution in [0.25, 0.3) is 0 Å². The van der Waals surface area contributed by atoms with E-state index in [-0.39, 0.29) is 6.04 Å². The molecule has 1 N–H and O–H groups in total. The third kappa shape index (κ3) is 2.65. The van der Waals surface area contributed by atoms with E-state index < -0.39 is 0 Å². The van der Waals surface area contributed by atoms with Gasteiger partial charge in [-0.15, -0.1) is 0 Å². The molecule has 0 aliphatic heterocycles. The number of rotatable bonds is 5. The highest BCUT2D eigenvalue weighted by Gasteiger charge is 2.17. The highest BCUT2D eigenvalue weighted by atomic mass is 16.3. The van der Waals surface area contributed by atoms with E-state index in [1.165, 1.54) is 5.56 Å². The third-order valence-electron chi connectivity index (χ3n) is 3.31. The summed E-state index contributed by atoms with van der Waals surface area (Å²) >= 11 is 0. The zero-order valence-corrected chi connectivity index (χ0v) is 11.4. The Bertz CT molecular complexity index is 643. The van der Waals surface area contributed by atoms with Crippen molar-refractivity contribution in [3.63, 3.8) is 0 Å². The number of aryl methyl sites for hydroxylation is 1. The SMILES string of the molecule is Cn1ccnc1[C@H](NCc1ccco1)c1ccccc1. The maximum Gasteiger partial charge on any atom is 0.130 e. The minimum Gasteiger partial charge on any atom is -0.468 e. The molecule has 3 rings (SSSR count). The zero-order chi connectivity index (χ0) is 13.8. The van der Waals surface area contributed by atoms with E-state index in [0.717, 1.165) is 11.6 Å². The number of hydrogen-bond donors (Lipinski definition) is 1. The molecule has 2 heterocycles. The molecule has 0 aliphatic rings. The number of hydrogen-bond acceptors (Lipinski definition) is 3. The fourth-order valence-electron chi connectivity index (χ4n) is 2.27. The number of imidazole rings is 1. The number of nitrogens with one attached hydrogen (secondary N) is 1. The van der Waals surface area contributed by atoms with Gasteiger partial charge in [-0.2, -0.15) is 0 Å². The average molecular weight is 267 g/mol. The molecule has 2 aromatic heterocycles. The maximum absolute atomic E-state index is 5.38. The Kier molecular flexibility index (Phi) is 3.65. The first-order valence-electron chi connectivity index (χ1n) is 6.62. The Morgan fingerprint density at radius 1 is 1.20 bits per heavy atom. The lowest BCUT2D eigenvalue weighted by Crippen LogP contribution is -2.24. The molecular weight excluding hydrogens is 250 g/mol. The van der Waals surface area contributed by atoms with Gasteiger partial charge in [0.25, 0.3) is 0 Å². The third-order valence-corrected chi connectivity index (χ3v) is 3.31. The monoisotopic (exact) mass is 267 g/mol. The van der Waals surface area contributed by atoms with E-state index in [1.807, 2.05) is 54.3 Å². The van der Waals surface area contributed by atoms with Crippen LogP contribution in [-0.4, -0.2) is 9.55 Å². The summed E-state index contributed by atoms with van der Waals surface area (Å²) in [7, 11) is 2.01. The molecule has 0 saturated carbocycles. The highest BCUT2D eigenvalue weighted by molar-refractivity contribution is 5.25. The first kappa shape index (κ1) is 12.7. The molecule has 20 heavy (non-hydrogen) atoms. The van der Waals surface area contributed by atoms with E-state index in [9.17, 15) is 0 Å². The Balaban J connectivity index is 1.86. The van der Waals surface area contributed by atoms with Gasteiger partial charge in [0.05, 0.1) is 18.8 Å². The Morgan fingerprint density at radius 2 is 2.05 bits per heavy atom. The van der Waals surface area contributed by atoms with Gasteiger partial charge in [-0.05, 0) is 17.7 Å². The lowest BCUT2D eigenvalue weighted by atomic mass is 10.1. The van der Waals surface area contributed by atoms with Gasteiger partial charge in [0.15, 0.2) is 0 Å². The zero-order valence-electron chi connectivity index (χ0n) is 11.4. The van der Waals surface area contributed by atoms with Gasteiger partial charge >= 0.3 is 0 Å². The Morgan fingerprint density at radius 3 is 2.70 bits per heavy atom. The first-order valence-corrected chi connectivity index (χ1v) is 6.62. The summed E-state index contributed by atoms with van der Waals surface area (Å²) in [5, 5.41) is 3.50. The molecule has 0 radical (unpaired) electrons. The minimum atomic E-state index is 0.0429. The van der Waals surface area contributed by atoms with Crippen LogP contribution in [0, 0.1) is 0 Å². The van der Waals surface area contributed by atoms with Crippen LogP contribution in [-0.2, 0) is 13.6 Å². The van der Waals surface area contributed by atoms with Gasteiger partial charge in [0.1, 0.15) is 11.6 Å². The van der Waals surface area contributed by atoms with Gasteiger partial charge in [0.2, 0.25) is 0 Å². The Hall–Kier alpha value is -2.33. The van der Waals surface area contributed by atoms with Gasteiger partial charge in [0, 0.05) is 19.4 Å². The molecule has 0 bridgehead atoms. The number of aromatic nitrogens is 2. The fourth-order valence-corrected chi connectivity index (χ4v) is 2.27. The molecule has 3 aromatic rings. The number of nitrogens with zero attached hydrogens (tertiary/aromatic N) is 2. The average Bonchev–Trinajstić information content (AvgIpc) is 3.13. The summed E-state index contributed by atoms with van der Waals surface area (Å²) in [6, 6.07) is 14.2. The molecule has 0 unspecified atom stereocenters. The quantitative estimate of drug-likeness (QED) is 0.773. The van der Waals surface area contributed by atoms with Gasteiger partial charge in [-0.3, -0.25) is 5.32 Å². The molecule has 0 fully saturated rings. The first-order chi connectivity index (χ1) is 9.84. The van der Waals surface area contributed by atoms with E-state index in [1.54, 1.807) is 6.26 Å². The largest absolute Gasteiger partial charge is 0.468 e. The van der Waals surface area contributed by atoms with Crippen molar-refractivity contribution in [2.75, 3.05) is 0 Å². The van der Waals surface area contributed by atoms with E-state index in [4.69, 9.17) is 4.42 Å². The number of furan rings is 1. The predicted octanol–water partition coefficient (Wildman–Crippen LogP) is 2.89. The molecule has 1 aromatic carbocycles. The van der Waals surface area contributed by atoms with Gasteiger partial charge in [-0.25, -0.2) is 4.98 Å². The van der Waals surface area contributed by atoms with Crippen LogP contribution >= 0.6 is 0 Å². The van der Waals surface area contributed by atoms with Crippen molar-refractivity contribution in [3.05, 3.63) is 78.3 Å². The molecule has 4 heteroatoms. The molecule has 4 nitrogen and oxygen atoms in total. The van der Waals surface area contributed by atoms with Crippen molar-refractivity contribution >= 4 is 0 Å². The van der Waals surface area contributed by atoms with Crippen LogP contribution in [0.1, 0.15) is 23.2 Å². The van der Waals surface area contributed by atoms with Crippen molar-refractivity contribution in [1.82, 2.24) is 14.9 Å². The second-order valence-corrected chi connectivity index (χ2v) is 4.70. The number of benzene rings is 1.